The maximum atomic E-state index is 6.75. The molecule has 0 saturated carbocycles. The van der Waals surface area contributed by atoms with Crippen molar-refractivity contribution in [3.8, 4) is 45.3 Å². The van der Waals surface area contributed by atoms with Crippen LogP contribution in [0.1, 0.15) is 0 Å². The molecule has 0 amide bonds. The van der Waals surface area contributed by atoms with Crippen molar-refractivity contribution in [1.29, 1.82) is 0 Å². The third-order valence-corrected chi connectivity index (χ3v) is 10.9. The molecule has 0 atom stereocenters. The molecule has 6 heteroatoms. The summed E-state index contributed by atoms with van der Waals surface area (Å²) in [7, 11) is 0. The predicted octanol–water partition coefficient (Wildman–Crippen LogP) is 12.7. The number of nitrogens with zero attached hydrogens (tertiary/aromatic N) is 3. The number of furan rings is 2. The van der Waals surface area contributed by atoms with E-state index in [0.29, 0.717) is 17.5 Å². The van der Waals surface area contributed by atoms with Crippen LogP contribution in [0, 0.1) is 0 Å². The number of fused-ring (bicyclic) bond motifs is 9. The molecule has 0 saturated heterocycles. The van der Waals surface area contributed by atoms with E-state index in [-0.39, 0.29) is 0 Å². The molecule has 4 heterocycles. The number of aromatic nitrogens is 3. The molecule has 0 aliphatic carbocycles. The van der Waals surface area contributed by atoms with Crippen molar-refractivity contribution < 1.29 is 8.83 Å². The fourth-order valence-corrected chi connectivity index (χ4v) is 8.57. The van der Waals surface area contributed by atoms with E-state index in [1.807, 2.05) is 78.1 Å². The van der Waals surface area contributed by atoms with Crippen molar-refractivity contribution in [1.82, 2.24) is 15.0 Å². The smallest absolute Gasteiger partial charge is 0.167 e. The highest BCUT2D eigenvalue weighted by Crippen LogP contribution is 2.46. The quantitative estimate of drug-likeness (QED) is 0.186. The zero-order chi connectivity index (χ0) is 33.5. The van der Waals surface area contributed by atoms with Crippen LogP contribution < -0.4 is 0 Å². The van der Waals surface area contributed by atoms with E-state index in [4.69, 9.17) is 23.8 Å². The van der Waals surface area contributed by atoms with Crippen LogP contribution in [0.2, 0.25) is 0 Å². The summed E-state index contributed by atoms with van der Waals surface area (Å²) in [5, 5.41) is 6.74. The second-order valence-corrected chi connectivity index (χ2v) is 13.8. The van der Waals surface area contributed by atoms with E-state index in [2.05, 4.69) is 84.9 Å². The molecule has 238 valence electrons. The van der Waals surface area contributed by atoms with Gasteiger partial charge in [0.15, 0.2) is 17.5 Å². The molecule has 4 aromatic heterocycles. The Balaban J connectivity index is 1.17. The highest BCUT2D eigenvalue weighted by Gasteiger charge is 2.22. The minimum atomic E-state index is 0.540. The van der Waals surface area contributed by atoms with E-state index >= 15 is 0 Å². The molecule has 7 aromatic carbocycles. The van der Waals surface area contributed by atoms with Crippen LogP contribution in [0.5, 0.6) is 0 Å². The van der Waals surface area contributed by atoms with Crippen LogP contribution in [-0.4, -0.2) is 15.0 Å². The van der Waals surface area contributed by atoms with Crippen molar-refractivity contribution in [3.05, 3.63) is 152 Å². The summed E-state index contributed by atoms with van der Waals surface area (Å²) >= 11 is 1.83. The van der Waals surface area contributed by atoms with Gasteiger partial charge in [-0.25, -0.2) is 15.0 Å². The van der Waals surface area contributed by atoms with Crippen LogP contribution in [0.3, 0.4) is 0 Å². The number of hydrogen-bond acceptors (Lipinski definition) is 6. The Morgan fingerprint density at radius 1 is 0.373 bits per heavy atom. The van der Waals surface area contributed by atoms with Gasteiger partial charge in [0.1, 0.15) is 22.3 Å². The van der Waals surface area contributed by atoms with Gasteiger partial charge in [-0.1, -0.05) is 109 Å². The minimum absolute atomic E-state index is 0.540. The SMILES string of the molecule is c1ccc(-c2nc(-c3ccc4c(c3)oc3ccccc34)nc(-c3ccc(-c4cccc5sc6ccccc6c45)c4c3oc3ccccc34)n2)cc1. The molecule has 11 rings (SSSR count). The highest BCUT2D eigenvalue weighted by atomic mass is 32.1. The van der Waals surface area contributed by atoms with Crippen LogP contribution in [0.25, 0.3) is 109 Å². The van der Waals surface area contributed by atoms with Crippen molar-refractivity contribution in [2.75, 3.05) is 0 Å². The summed E-state index contributed by atoms with van der Waals surface area (Å²) in [6.45, 7) is 0. The predicted molar refractivity (Wildman–Crippen MR) is 209 cm³/mol. The summed E-state index contributed by atoms with van der Waals surface area (Å²) in [5.74, 6) is 1.69. The average Bonchev–Trinajstić information content (AvgIpc) is 3.89. The topological polar surface area (TPSA) is 65.0 Å². The van der Waals surface area contributed by atoms with E-state index in [1.54, 1.807) is 0 Å². The maximum Gasteiger partial charge on any atom is 0.167 e. The Labute approximate surface area is 295 Å². The van der Waals surface area contributed by atoms with Gasteiger partial charge in [0.25, 0.3) is 0 Å². The van der Waals surface area contributed by atoms with Crippen LogP contribution >= 0.6 is 11.3 Å². The molecule has 0 aliphatic rings. The molecular weight excluding hydrogens is 647 g/mol. The molecule has 51 heavy (non-hydrogen) atoms. The second kappa shape index (κ2) is 10.9. The number of benzene rings is 7. The van der Waals surface area contributed by atoms with Gasteiger partial charge in [0, 0.05) is 52.8 Å². The lowest BCUT2D eigenvalue weighted by Gasteiger charge is -2.11. The van der Waals surface area contributed by atoms with Crippen molar-refractivity contribution >= 4 is 75.4 Å². The van der Waals surface area contributed by atoms with Crippen molar-refractivity contribution in [2.45, 2.75) is 0 Å². The van der Waals surface area contributed by atoms with Gasteiger partial charge in [-0.3, -0.25) is 0 Å². The molecule has 0 N–H and O–H groups in total. The lowest BCUT2D eigenvalue weighted by atomic mass is 9.94. The molecule has 5 nitrogen and oxygen atoms in total. The van der Waals surface area contributed by atoms with E-state index < -0.39 is 0 Å². The number of thiophene rings is 1. The third-order valence-electron chi connectivity index (χ3n) is 9.76. The molecule has 0 unspecified atom stereocenters. The molecule has 0 spiro atoms. The van der Waals surface area contributed by atoms with Gasteiger partial charge >= 0.3 is 0 Å². The number of hydrogen-bond donors (Lipinski definition) is 0. The van der Waals surface area contributed by atoms with Crippen LogP contribution in [0.4, 0.5) is 0 Å². The van der Waals surface area contributed by atoms with Crippen molar-refractivity contribution in [3.63, 3.8) is 0 Å². The maximum absolute atomic E-state index is 6.75. The summed E-state index contributed by atoms with van der Waals surface area (Å²) in [6, 6.07) is 52.1. The Bertz CT molecular complexity index is 3160. The normalized spacial score (nSPS) is 11.9. The summed E-state index contributed by atoms with van der Waals surface area (Å²) in [6.07, 6.45) is 0. The molecule has 0 radical (unpaired) electrons. The van der Waals surface area contributed by atoms with Gasteiger partial charge in [-0.2, -0.15) is 0 Å². The summed E-state index contributed by atoms with van der Waals surface area (Å²) < 4.78 is 15.5. The number of para-hydroxylation sites is 2. The lowest BCUT2D eigenvalue weighted by Crippen LogP contribution is -2.00. The Hall–Kier alpha value is -6.63. The van der Waals surface area contributed by atoms with Gasteiger partial charge < -0.3 is 8.83 Å². The molecule has 0 fully saturated rings. The standard InChI is InChI=1S/C45H25N3O2S/c1-2-11-26(12-3-1)43-46-44(27-21-22-29-28-13-4-7-17-35(28)49-37(29)25-27)48-45(47-43)34-24-23-31(41-32-14-5-8-18-36(32)50-42(34)41)30-16-10-20-39-40(30)33-15-6-9-19-38(33)51-39/h1-25H. The Morgan fingerprint density at radius 3 is 1.86 bits per heavy atom. The highest BCUT2D eigenvalue weighted by molar-refractivity contribution is 7.25. The summed E-state index contributed by atoms with van der Waals surface area (Å²) in [5.41, 5.74) is 8.04. The van der Waals surface area contributed by atoms with Crippen LogP contribution in [-0.2, 0) is 0 Å². The Morgan fingerprint density at radius 2 is 1.00 bits per heavy atom. The van der Waals surface area contributed by atoms with Gasteiger partial charge in [0.2, 0.25) is 0 Å². The first kappa shape index (κ1) is 28.2. The molecule has 0 aliphatic heterocycles. The second-order valence-electron chi connectivity index (χ2n) is 12.7. The zero-order valence-electron chi connectivity index (χ0n) is 27.0. The largest absolute Gasteiger partial charge is 0.456 e. The molecule has 0 bridgehead atoms. The summed E-state index contributed by atoms with van der Waals surface area (Å²) in [4.78, 5) is 15.3. The monoisotopic (exact) mass is 671 g/mol. The van der Waals surface area contributed by atoms with E-state index in [9.17, 15) is 0 Å². The fourth-order valence-electron chi connectivity index (χ4n) is 7.43. The van der Waals surface area contributed by atoms with Gasteiger partial charge in [-0.15, -0.1) is 11.3 Å². The minimum Gasteiger partial charge on any atom is -0.456 e. The van der Waals surface area contributed by atoms with E-state index in [1.165, 1.54) is 25.7 Å². The molecular formula is C45H25N3O2S. The van der Waals surface area contributed by atoms with E-state index in [0.717, 1.165) is 66.1 Å². The fraction of sp³-hybridized carbons (Fsp3) is 0. The first-order chi connectivity index (χ1) is 25.3. The van der Waals surface area contributed by atoms with Gasteiger partial charge in [-0.05, 0) is 53.6 Å². The van der Waals surface area contributed by atoms with Crippen LogP contribution in [0.15, 0.2) is 160 Å². The van der Waals surface area contributed by atoms with Gasteiger partial charge in [0.05, 0.1) is 5.56 Å². The number of rotatable bonds is 4. The third kappa shape index (κ3) is 4.37. The lowest BCUT2D eigenvalue weighted by molar-refractivity contribution is 0.668. The zero-order valence-corrected chi connectivity index (χ0v) is 27.8. The first-order valence-corrected chi connectivity index (χ1v) is 17.7. The first-order valence-electron chi connectivity index (χ1n) is 16.9. The average molecular weight is 672 g/mol. The molecule has 11 aromatic rings. The van der Waals surface area contributed by atoms with Crippen molar-refractivity contribution in [2.24, 2.45) is 0 Å². The Kier molecular flexibility index (Phi) is 6.05.